The Morgan fingerprint density at radius 3 is 2.11 bits per heavy atom. The van der Waals surface area contributed by atoms with Crippen LogP contribution in [-0.2, 0) is 36.7 Å². The summed E-state index contributed by atoms with van der Waals surface area (Å²) in [6.07, 6.45) is 6.75. The van der Waals surface area contributed by atoms with Crippen molar-refractivity contribution < 1.29 is 22.7 Å². The second-order valence-corrected chi connectivity index (χ2v) is 10.7. The molecular weight excluding hydrogens is 388 g/mol. The van der Waals surface area contributed by atoms with Crippen molar-refractivity contribution in [3.8, 4) is 0 Å². The predicted molar refractivity (Wildman–Crippen MR) is 108 cm³/mol. The van der Waals surface area contributed by atoms with Gasteiger partial charge in [-0.1, -0.05) is 30.3 Å². The minimum Gasteiger partial charge on any atom is -0.443 e. The Bertz CT molecular complexity index is 761. The van der Waals surface area contributed by atoms with Gasteiger partial charge in [-0.3, -0.25) is 9.00 Å². The molecule has 1 aromatic rings. The second kappa shape index (κ2) is 11.2. The monoisotopic (exact) mass is 416 g/mol. The molecule has 2 unspecified atom stereocenters. The molecule has 3 rings (SSSR count). The van der Waals surface area contributed by atoms with Gasteiger partial charge < -0.3 is 10.5 Å². The number of primary amides is 1. The van der Waals surface area contributed by atoms with Crippen molar-refractivity contribution in [1.29, 1.82) is 0 Å². The SMILES string of the molecule is CC(N)=O.CS(=O)(=NC(=O)OCc1ccccc1)C1CC1.CS(=O)C1CC1. The fourth-order valence-corrected chi connectivity index (χ4v) is 4.18. The number of amides is 2. The molecule has 2 N–H and O–H groups in total. The van der Waals surface area contributed by atoms with E-state index in [1.165, 1.54) is 26.0 Å². The van der Waals surface area contributed by atoms with E-state index in [0.29, 0.717) is 5.25 Å². The standard InChI is InChI=1S/C12H15NO3S.C4H8OS.C2H5NO/c1-17(15,11-7-8-11)13-12(14)16-9-10-5-3-2-4-6-10;1-6(5)4-2-3-4;1-2(3)4/h2-6,11H,7-9H2,1H3;4H,2-3H2,1H3;1H3,(H2,3,4). The normalized spacial score (nSPS) is 18.3. The van der Waals surface area contributed by atoms with Crippen LogP contribution in [0.3, 0.4) is 0 Å². The van der Waals surface area contributed by atoms with Crippen LogP contribution in [0.15, 0.2) is 34.7 Å². The van der Waals surface area contributed by atoms with Gasteiger partial charge in [0, 0.05) is 40.7 Å². The van der Waals surface area contributed by atoms with E-state index in [0.717, 1.165) is 18.4 Å². The highest BCUT2D eigenvalue weighted by Gasteiger charge is 2.31. The van der Waals surface area contributed by atoms with Gasteiger partial charge in [0.2, 0.25) is 5.91 Å². The van der Waals surface area contributed by atoms with Gasteiger partial charge >= 0.3 is 6.09 Å². The molecule has 27 heavy (non-hydrogen) atoms. The third-order valence-electron chi connectivity index (χ3n) is 3.60. The van der Waals surface area contributed by atoms with E-state index in [1.807, 2.05) is 30.3 Å². The highest BCUT2D eigenvalue weighted by Crippen LogP contribution is 2.29. The number of hydrogen-bond donors (Lipinski definition) is 1. The lowest BCUT2D eigenvalue weighted by Gasteiger charge is -2.03. The molecule has 0 saturated heterocycles. The van der Waals surface area contributed by atoms with E-state index in [9.17, 15) is 18.0 Å². The molecule has 0 aromatic heterocycles. The number of carbonyl (C=O) groups excluding carboxylic acids is 2. The third-order valence-corrected chi connectivity index (χ3v) is 7.23. The van der Waals surface area contributed by atoms with Gasteiger partial charge in [-0.2, -0.15) is 0 Å². The lowest BCUT2D eigenvalue weighted by atomic mass is 10.2. The fraction of sp³-hybridized carbons (Fsp3) is 0.556. The Labute approximate surface area is 163 Å². The minimum atomic E-state index is -2.39. The van der Waals surface area contributed by atoms with Crippen LogP contribution in [0.4, 0.5) is 4.79 Å². The average Bonchev–Trinajstić information content (AvgIpc) is 3.46. The summed E-state index contributed by atoms with van der Waals surface area (Å²) in [5.41, 5.74) is 5.37. The first-order chi connectivity index (χ1) is 12.6. The number of rotatable bonds is 4. The molecule has 2 saturated carbocycles. The van der Waals surface area contributed by atoms with Gasteiger partial charge in [0.25, 0.3) is 0 Å². The lowest BCUT2D eigenvalue weighted by Crippen LogP contribution is -2.08. The molecule has 1 aromatic carbocycles. The van der Waals surface area contributed by atoms with Crippen molar-refractivity contribution in [3.63, 3.8) is 0 Å². The van der Waals surface area contributed by atoms with Gasteiger partial charge in [-0.05, 0) is 31.2 Å². The van der Waals surface area contributed by atoms with Crippen LogP contribution >= 0.6 is 0 Å². The van der Waals surface area contributed by atoms with E-state index in [-0.39, 0.29) is 17.8 Å². The van der Waals surface area contributed by atoms with E-state index in [1.54, 1.807) is 6.26 Å². The molecule has 2 atom stereocenters. The Balaban J connectivity index is 0.000000299. The van der Waals surface area contributed by atoms with Crippen LogP contribution in [0, 0.1) is 0 Å². The number of hydrogen-bond acceptors (Lipinski definition) is 5. The van der Waals surface area contributed by atoms with Crippen molar-refractivity contribution in [3.05, 3.63) is 35.9 Å². The fourth-order valence-electron chi connectivity index (χ4n) is 1.87. The summed E-state index contributed by atoms with van der Waals surface area (Å²) in [6.45, 7) is 1.48. The maximum absolute atomic E-state index is 11.9. The summed E-state index contributed by atoms with van der Waals surface area (Å²) in [4.78, 5) is 20.6. The van der Waals surface area contributed by atoms with Crippen molar-refractivity contribution in [2.24, 2.45) is 10.1 Å². The Hall–Kier alpha value is -1.74. The first kappa shape index (κ1) is 23.3. The summed E-state index contributed by atoms with van der Waals surface area (Å²) < 4.78 is 30.8. The highest BCUT2D eigenvalue weighted by molar-refractivity contribution is 7.94. The Morgan fingerprint density at radius 1 is 1.22 bits per heavy atom. The van der Waals surface area contributed by atoms with Crippen LogP contribution in [0.1, 0.15) is 38.2 Å². The number of nitrogens with zero attached hydrogens (tertiary/aromatic N) is 1. The van der Waals surface area contributed by atoms with Crippen LogP contribution in [0.25, 0.3) is 0 Å². The summed E-state index contributed by atoms with van der Waals surface area (Å²) in [5, 5.41) is 0.650. The number of benzene rings is 1. The minimum absolute atomic E-state index is 0.0757. The predicted octanol–water partition coefficient (Wildman–Crippen LogP) is 2.60. The number of nitrogens with two attached hydrogens (primary N) is 1. The highest BCUT2D eigenvalue weighted by atomic mass is 32.2. The average molecular weight is 417 g/mol. The zero-order chi connectivity index (χ0) is 20.4. The molecule has 152 valence electrons. The summed E-state index contributed by atoms with van der Waals surface area (Å²) >= 11 is 0. The largest absolute Gasteiger partial charge is 0.443 e. The molecule has 2 fully saturated rings. The summed E-state index contributed by atoms with van der Waals surface area (Å²) in [7, 11) is -2.90. The zero-order valence-electron chi connectivity index (χ0n) is 16.0. The molecule has 9 heteroatoms. The molecule has 2 amide bonds. The van der Waals surface area contributed by atoms with E-state index in [4.69, 9.17) is 4.74 Å². The van der Waals surface area contributed by atoms with E-state index >= 15 is 0 Å². The molecule has 2 aliphatic carbocycles. The maximum atomic E-state index is 11.9. The summed E-state index contributed by atoms with van der Waals surface area (Å²) in [6, 6.07) is 9.34. The molecule has 2 aliphatic rings. The van der Waals surface area contributed by atoms with Crippen molar-refractivity contribution in [2.75, 3.05) is 12.5 Å². The van der Waals surface area contributed by atoms with Crippen molar-refractivity contribution in [1.82, 2.24) is 0 Å². The van der Waals surface area contributed by atoms with Crippen molar-refractivity contribution >= 4 is 32.5 Å². The maximum Gasteiger partial charge on any atom is 0.442 e. The zero-order valence-corrected chi connectivity index (χ0v) is 17.6. The Morgan fingerprint density at radius 2 is 1.74 bits per heavy atom. The topological polar surface area (TPSA) is 116 Å². The third kappa shape index (κ3) is 11.6. The smallest absolute Gasteiger partial charge is 0.442 e. The van der Waals surface area contributed by atoms with Gasteiger partial charge in [0.15, 0.2) is 0 Å². The number of carbonyl (C=O) groups is 2. The number of ether oxygens (including phenoxy) is 1. The first-order valence-corrected chi connectivity index (χ1v) is 12.2. The van der Waals surface area contributed by atoms with E-state index < -0.39 is 26.6 Å². The molecule has 0 spiro atoms. The van der Waals surface area contributed by atoms with Gasteiger partial charge in [-0.25, -0.2) is 9.00 Å². The molecule has 0 heterocycles. The van der Waals surface area contributed by atoms with Gasteiger partial charge in [-0.15, -0.1) is 4.36 Å². The van der Waals surface area contributed by atoms with Crippen molar-refractivity contribution in [2.45, 2.75) is 49.7 Å². The lowest BCUT2D eigenvalue weighted by molar-refractivity contribution is -0.115. The van der Waals surface area contributed by atoms with Crippen LogP contribution < -0.4 is 5.73 Å². The molecule has 7 nitrogen and oxygen atoms in total. The molecule has 0 bridgehead atoms. The van der Waals surface area contributed by atoms with Crippen LogP contribution in [-0.4, -0.2) is 43.4 Å². The van der Waals surface area contributed by atoms with Gasteiger partial charge in [0.1, 0.15) is 6.61 Å². The molecule has 0 aliphatic heterocycles. The van der Waals surface area contributed by atoms with Crippen LogP contribution in [0.5, 0.6) is 0 Å². The molecular formula is C18H28N2O5S2. The van der Waals surface area contributed by atoms with Gasteiger partial charge in [0.05, 0.1) is 9.73 Å². The van der Waals surface area contributed by atoms with Crippen LogP contribution in [0.2, 0.25) is 0 Å². The Kier molecular flexibility index (Phi) is 9.65. The summed E-state index contributed by atoms with van der Waals surface area (Å²) in [5.74, 6) is -0.333. The molecule has 0 radical (unpaired) electrons. The first-order valence-electron chi connectivity index (χ1n) is 8.61. The second-order valence-electron chi connectivity index (χ2n) is 6.50. The quantitative estimate of drug-likeness (QED) is 0.810. The van der Waals surface area contributed by atoms with E-state index in [2.05, 4.69) is 10.1 Å².